The summed E-state index contributed by atoms with van der Waals surface area (Å²) in [5, 5.41) is 0. The highest BCUT2D eigenvalue weighted by Gasteiger charge is 2.11. The second kappa shape index (κ2) is 7.95. The number of rotatable bonds is 7. The molecule has 118 valence electrons. The summed E-state index contributed by atoms with van der Waals surface area (Å²) in [4.78, 5) is 4.61. The van der Waals surface area contributed by atoms with E-state index in [1.165, 1.54) is 11.1 Å². The van der Waals surface area contributed by atoms with Gasteiger partial charge in [-0.15, -0.1) is 0 Å². The molecule has 1 aromatic heterocycles. The first-order valence-electron chi connectivity index (χ1n) is 7.87. The van der Waals surface area contributed by atoms with Crippen LogP contribution in [0.25, 0.3) is 11.5 Å². The Hall–Kier alpha value is -1.87. The maximum Gasteiger partial charge on any atom is 0.226 e. The van der Waals surface area contributed by atoms with Gasteiger partial charge in [-0.2, -0.15) is 0 Å². The van der Waals surface area contributed by atoms with E-state index in [4.69, 9.17) is 9.15 Å². The Labute approximate surface area is 133 Å². The maximum absolute atomic E-state index is 5.79. The second-order valence-corrected chi connectivity index (χ2v) is 5.62. The highest BCUT2D eigenvalue weighted by atomic mass is 16.5. The molecule has 0 spiro atoms. The van der Waals surface area contributed by atoms with Gasteiger partial charge in [0.1, 0.15) is 5.76 Å². The molecule has 0 bridgehead atoms. The van der Waals surface area contributed by atoms with Gasteiger partial charge in [0.15, 0.2) is 0 Å². The molecule has 2 rings (SSSR count). The third-order valence-electron chi connectivity index (χ3n) is 3.75. The number of aryl methyl sites for hydroxylation is 2. The summed E-state index contributed by atoms with van der Waals surface area (Å²) in [5.41, 5.74) is 4.57. The van der Waals surface area contributed by atoms with Crippen molar-refractivity contribution in [3.63, 3.8) is 0 Å². The Balaban J connectivity index is 1.93. The van der Waals surface area contributed by atoms with Gasteiger partial charge in [-0.3, -0.25) is 0 Å². The Morgan fingerprint density at radius 2 is 2.14 bits per heavy atom. The molecule has 0 N–H and O–H groups in total. The molecule has 0 radical (unpaired) electrons. The molecule has 0 aliphatic carbocycles. The predicted molar refractivity (Wildman–Crippen MR) is 90.0 cm³/mol. The van der Waals surface area contributed by atoms with Crippen LogP contribution in [-0.2, 0) is 11.2 Å². The highest BCUT2D eigenvalue weighted by Crippen LogP contribution is 2.22. The number of hydrogen-bond acceptors (Lipinski definition) is 3. The Bertz CT molecular complexity index is 641. The van der Waals surface area contributed by atoms with Crippen molar-refractivity contribution in [2.45, 2.75) is 40.5 Å². The van der Waals surface area contributed by atoms with Crippen molar-refractivity contribution in [2.75, 3.05) is 13.2 Å². The lowest BCUT2D eigenvalue weighted by Gasteiger charge is -2.00. The second-order valence-electron chi connectivity index (χ2n) is 5.62. The third kappa shape index (κ3) is 4.57. The van der Waals surface area contributed by atoms with Gasteiger partial charge in [0, 0.05) is 12.0 Å². The zero-order valence-corrected chi connectivity index (χ0v) is 14.0. The number of aromatic nitrogens is 1. The topological polar surface area (TPSA) is 35.3 Å². The summed E-state index contributed by atoms with van der Waals surface area (Å²) < 4.78 is 11.4. The summed E-state index contributed by atoms with van der Waals surface area (Å²) >= 11 is 0. The fourth-order valence-corrected chi connectivity index (χ4v) is 2.16. The fourth-order valence-electron chi connectivity index (χ4n) is 2.16. The average molecular weight is 299 g/mol. The molecule has 1 heterocycles. The molecule has 0 fully saturated rings. The van der Waals surface area contributed by atoms with Crippen LogP contribution in [0.4, 0.5) is 0 Å². The Morgan fingerprint density at radius 3 is 2.86 bits per heavy atom. The van der Waals surface area contributed by atoms with E-state index >= 15 is 0 Å². The molecule has 0 saturated heterocycles. The first-order valence-corrected chi connectivity index (χ1v) is 7.87. The number of oxazole rings is 1. The largest absolute Gasteiger partial charge is 0.441 e. The molecule has 0 atom stereocenters. The molecule has 3 nitrogen and oxygen atoms in total. The molecule has 0 aliphatic heterocycles. The van der Waals surface area contributed by atoms with Crippen LogP contribution < -0.4 is 0 Å². The van der Waals surface area contributed by atoms with Gasteiger partial charge >= 0.3 is 0 Å². The van der Waals surface area contributed by atoms with Crippen LogP contribution in [-0.4, -0.2) is 18.2 Å². The van der Waals surface area contributed by atoms with E-state index in [1.807, 2.05) is 19.1 Å². The zero-order valence-electron chi connectivity index (χ0n) is 14.0. The normalized spacial score (nSPS) is 11.9. The summed E-state index contributed by atoms with van der Waals surface area (Å²) in [6.07, 6.45) is 3.99. The van der Waals surface area contributed by atoms with Crippen LogP contribution >= 0.6 is 0 Å². The average Bonchev–Trinajstić information content (AvgIpc) is 2.88. The van der Waals surface area contributed by atoms with Crippen LogP contribution in [0.15, 0.2) is 40.3 Å². The molecule has 0 saturated carbocycles. The van der Waals surface area contributed by atoms with E-state index in [9.17, 15) is 0 Å². The summed E-state index contributed by atoms with van der Waals surface area (Å²) in [5.74, 6) is 1.57. The third-order valence-corrected chi connectivity index (χ3v) is 3.75. The first-order chi connectivity index (χ1) is 10.6. The molecule has 1 aromatic carbocycles. The summed E-state index contributed by atoms with van der Waals surface area (Å²) in [6.45, 7) is 9.63. The molecular weight excluding hydrogens is 274 g/mol. The molecular formula is C19H25NO2. The van der Waals surface area contributed by atoms with Crippen LogP contribution in [0, 0.1) is 13.8 Å². The van der Waals surface area contributed by atoms with Gasteiger partial charge in [0.2, 0.25) is 5.89 Å². The van der Waals surface area contributed by atoms with Crippen LogP contribution in [0.3, 0.4) is 0 Å². The van der Waals surface area contributed by atoms with Crippen molar-refractivity contribution in [1.29, 1.82) is 0 Å². The monoisotopic (exact) mass is 299 g/mol. The van der Waals surface area contributed by atoms with Gasteiger partial charge in [0.25, 0.3) is 0 Å². The van der Waals surface area contributed by atoms with Gasteiger partial charge in [-0.25, -0.2) is 4.98 Å². The SMILES string of the molecule is CC/C(C)=C/COCCc1nc(-c2cccc(C)c2)oc1C. The van der Waals surface area contributed by atoms with Crippen molar-refractivity contribution < 1.29 is 9.15 Å². The molecule has 3 heteroatoms. The Morgan fingerprint density at radius 1 is 1.32 bits per heavy atom. The van der Waals surface area contributed by atoms with E-state index in [-0.39, 0.29) is 0 Å². The van der Waals surface area contributed by atoms with Crippen LogP contribution in [0.1, 0.15) is 37.3 Å². The Kier molecular flexibility index (Phi) is 5.96. The van der Waals surface area contributed by atoms with Gasteiger partial charge < -0.3 is 9.15 Å². The molecule has 22 heavy (non-hydrogen) atoms. The van der Waals surface area contributed by atoms with Crippen molar-refractivity contribution in [1.82, 2.24) is 4.98 Å². The highest BCUT2D eigenvalue weighted by molar-refractivity contribution is 5.54. The van der Waals surface area contributed by atoms with E-state index < -0.39 is 0 Å². The standard InChI is InChI=1S/C19H25NO2/c1-5-14(2)9-11-21-12-10-18-16(4)22-19(20-18)17-8-6-7-15(3)13-17/h6-9,13H,5,10-12H2,1-4H3/b14-9+. The van der Waals surface area contributed by atoms with Crippen molar-refractivity contribution in [3.05, 3.63) is 52.9 Å². The van der Waals surface area contributed by atoms with E-state index in [2.05, 4.69) is 44.0 Å². The molecule has 0 unspecified atom stereocenters. The van der Waals surface area contributed by atoms with E-state index in [0.29, 0.717) is 19.1 Å². The minimum Gasteiger partial charge on any atom is -0.441 e. The predicted octanol–water partition coefficient (Wildman–Crippen LogP) is 4.87. The number of hydrogen-bond donors (Lipinski definition) is 0. The minimum atomic E-state index is 0.661. The van der Waals surface area contributed by atoms with Gasteiger partial charge in [0.05, 0.1) is 18.9 Å². The number of allylic oxidation sites excluding steroid dienone is 1. The van der Waals surface area contributed by atoms with Gasteiger partial charge in [-0.05, 0) is 39.3 Å². The number of benzene rings is 1. The molecule has 0 aliphatic rings. The van der Waals surface area contributed by atoms with Crippen molar-refractivity contribution >= 4 is 0 Å². The number of nitrogens with zero attached hydrogens (tertiary/aromatic N) is 1. The van der Waals surface area contributed by atoms with Gasteiger partial charge in [-0.1, -0.05) is 36.3 Å². The van der Waals surface area contributed by atoms with E-state index in [0.717, 1.165) is 29.9 Å². The van der Waals surface area contributed by atoms with Crippen molar-refractivity contribution in [2.24, 2.45) is 0 Å². The van der Waals surface area contributed by atoms with Crippen LogP contribution in [0.2, 0.25) is 0 Å². The quantitative estimate of drug-likeness (QED) is 0.540. The van der Waals surface area contributed by atoms with Crippen LogP contribution in [0.5, 0.6) is 0 Å². The maximum atomic E-state index is 5.79. The lowest BCUT2D eigenvalue weighted by atomic mass is 10.1. The summed E-state index contributed by atoms with van der Waals surface area (Å²) in [7, 11) is 0. The smallest absolute Gasteiger partial charge is 0.226 e. The molecule has 0 amide bonds. The molecule has 2 aromatic rings. The fraction of sp³-hybridized carbons (Fsp3) is 0.421. The summed E-state index contributed by atoms with van der Waals surface area (Å²) in [6, 6.07) is 8.20. The first kappa shape index (κ1) is 16.5. The van der Waals surface area contributed by atoms with E-state index in [1.54, 1.807) is 0 Å². The lowest BCUT2D eigenvalue weighted by molar-refractivity contribution is 0.164. The zero-order chi connectivity index (χ0) is 15.9. The number of ether oxygens (including phenoxy) is 1. The minimum absolute atomic E-state index is 0.661. The lowest BCUT2D eigenvalue weighted by Crippen LogP contribution is -2.00. The van der Waals surface area contributed by atoms with Crippen molar-refractivity contribution in [3.8, 4) is 11.5 Å².